The summed E-state index contributed by atoms with van der Waals surface area (Å²) in [6.07, 6.45) is 0. The number of anilines is 2. The Morgan fingerprint density at radius 2 is 1.84 bits per heavy atom. The van der Waals surface area contributed by atoms with Crippen molar-refractivity contribution in [3.05, 3.63) is 58.1 Å². The molecule has 0 aliphatic heterocycles. The number of benzene rings is 2. The van der Waals surface area contributed by atoms with Crippen LogP contribution in [0.15, 0.2) is 30.3 Å². The van der Waals surface area contributed by atoms with Crippen LogP contribution >= 0.6 is 0 Å². The van der Waals surface area contributed by atoms with Gasteiger partial charge in [0.2, 0.25) is 0 Å². The van der Waals surface area contributed by atoms with Crippen molar-refractivity contribution in [3.63, 3.8) is 0 Å². The quantitative estimate of drug-likeness (QED) is 0.678. The maximum absolute atomic E-state index is 11.8. The number of carboxylic acids is 1. The summed E-state index contributed by atoms with van der Waals surface area (Å²) in [5.41, 5.74) is 13.2. The van der Waals surface area contributed by atoms with E-state index in [9.17, 15) is 9.90 Å². The van der Waals surface area contributed by atoms with Crippen LogP contribution in [-0.4, -0.2) is 17.6 Å². The molecule has 0 amide bonds. The monoisotopic (exact) mass is 340 g/mol. The Morgan fingerprint density at radius 3 is 2.40 bits per heavy atom. The fourth-order valence-corrected chi connectivity index (χ4v) is 3.27. The smallest absolute Gasteiger partial charge is 0.307 e. The van der Waals surface area contributed by atoms with Crippen molar-refractivity contribution in [3.8, 4) is 0 Å². The van der Waals surface area contributed by atoms with Crippen LogP contribution in [0.3, 0.4) is 0 Å². The van der Waals surface area contributed by atoms with Gasteiger partial charge in [-0.05, 0) is 61.6 Å². The first-order chi connectivity index (χ1) is 11.8. The molecule has 2 atom stereocenters. The first-order valence-corrected chi connectivity index (χ1v) is 8.70. The summed E-state index contributed by atoms with van der Waals surface area (Å²) < 4.78 is 0. The van der Waals surface area contributed by atoms with Crippen molar-refractivity contribution in [2.24, 2.45) is 5.92 Å². The number of carbonyl (C=O) groups is 1. The lowest BCUT2D eigenvalue weighted by Crippen LogP contribution is -2.21. The average molecular weight is 340 g/mol. The normalized spacial score (nSPS) is 13.3. The zero-order valence-corrected chi connectivity index (χ0v) is 15.7. The van der Waals surface area contributed by atoms with Gasteiger partial charge in [-0.25, -0.2) is 0 Å². The maximum atomic E-state index is 11.8. The summed E-state index contributed by atoms with van der Waals surface area (Å²) >= 11 is 0. The third kappa shape index (κ3) is 3.78. The van der Waals surface area contributed by atoms with Gasteiger partial charge in [-0.15, -0.1) is 0 Å². The summed E-state index contributed by atoms with van der Waals surface area (Å²) in [5.74, 6) is -1.60. The van der Waals surface area contributed by atoms with Crippen LogP contribution in [0.5, 0.6) is 0 Å². The van der Waals surface area contributed by atoms with Gasteiger partial charge in [0.15, 0.2) is 0 Å². The first-order valence-electron chi connectivity index (χ1n) is 8.70. The number of nitrogens with two attached hydrogens (primary N) is 1. The van der Waals surface area contributed by atoms with Gasteiger partial charge in [0.25, 0.3) is 0 Å². The number of rotatable bonds is 6. The lowest BCUT2D eigenvalue weighted by Gasteiger charge is -2.26. The Kier molecular flexibility index (Phi) is 5.73. The van der Waals surface area contributed by atoms with Crippen molar-refractivity contribution in [2.75, 3.05) is 17.6 Å². The van der Waals surface area contributed by atoms with E-state index in [-0.39, 0.29) is 5.92 Å². The molecule has 0 saturated carbocycles. The number of nitrogens with one attached hydrogen (secondary N) is 1. The van der Waals surface area contributed by atoms with Crippen LogP contribution in [0.25, 0.3) is 0 Å². The molecule has 0 heterocycles. The van der Waals surface area contributed by atoms with Gasteiger partial charge < -0.3 is 16.2 Å². The van der Waals surface area contributed by atoms with E-state index >= 15 is 0 Å². The molecule has 134 valence electrons. The molecule has 0 aliphatic rings. The topological polar surface area (TPSA) is 75.3 Å². The van der Waals surface area contributed by atoms with Crippen molar-refractivity contribution in [1.82, 2.24) is 0 Å². The Balaban J connectivity index is 2.62. The molecule has 4 N–H and O–H groups in total. The number of aliphatic carboxylic acids is 1. The van der Waals surface area contributed by atoms with Crippen molar-refractivity contribution in [2.45, 2.75) is 40.5 Å². The second-order valence-electron chi connectivity index (χ2n) is 6.72. The Labute approximate surface area is 150 Å². The van der Waals surface area contributed by atoms with Crippen molar-refractivity contribution in [1.29, 1.82) is 0 Å². The van der Waals surface area contributed by atoms with Gasteiger partial charge >= 0.3 is 5.97 Å². The Hall–Kier alpha value is -2.49. The molecule has 2 unspecified atom stereocenters. The van der Waals surface area contributed by atoms with E-state index in [0.29, 0.717) is 5.69 Å². The molecule has 25 heavy (non-hydrogen) atoms. The molecular weight excluding hydrogens is 312 g/mol. The highest BCUT2D eigenvalue weighted by Crippen LogP contribution is 2.38. The van der Waals surface area contributed by atoms with Gasteiger partial charge in [0.1, 0.15) is 0 Å². The zero-order chi connectivity index (χ0) is 18.7. The van der Waals surface area contributed by atoms with E-state index < -0.39 is 11.9 Å². The van der Waals surface area contributed by atoms with Crippen molar-refractivity contribution >= 4 is 17.3 Å². The fraction of sp³-hybridized carbons (Fsp3) is 0.381. The molecular formula is C21H28N2O2. The maximum Gasteiger partial charge on any atom is 0.307 e. The zero-order valence-electron chi connectivity index (χ0n) is 15.7. The van der Waals surface area contributed by atoms with Crippen molar-refractivity contribution < 1.29 is 9.90 Å². The lowest BCUT2D eigenvalue weighted by atomic mass is 9.78. The Morgan fingerprint density at radius 1 is 1.16 bits per heavy atom. The molecule has 4 nitrogen and oxygen atoms in total. The SMILES string of the molecule is CCNc1ccc(C(c2ccc(C)c(C)c2)C(C)C(=O)O)c(C)c1N. The molecule has 0 aliphatic carbocycles. The van der Waals surface area contributed by atoms with Crippen LogP contribution in [-0.2, 0) is 4.79 Å². The van der Waals surface area contributed by atoms with E-state index in [0.717, 1.165) is 34.5 Å². The third-order valence-corrected chi connectivity index (χ3v) is 5.04. The second-order valence-corrected chi connectivity index (χ2v) is 6.72. The van der Waals surface area contributed by atoms with Gasteiger partial charge in [-0.1, -0.05) is 31.2 Å². The number of carboxylic acid groups (broad SMARTS) is 1. The number of aryl methyl sites for hydroxylation is 2. The van der Waals surface area contributed by atoms with E-state index in [1.807, 2.05) is 32.0 Å². The second kappa shape index (κ2) is 7.60. The largest absolute Gasteiger partial charge is 0.481 e. The van der Waals surface area contributed by atoms with E-state index in [2.05, 4.69) is 31.3 Å². The average Bonchev–Trinajstić information content (AvgIpc) is 2.57. The standard InChI is InChI=1S/C21H28N2O2/c1-6-23-18-10-9-17(14(4)20(18)22)19(15(5)21(24)25)16-8-7-12(2)13(3)11-16/h7-11,15,19,23H,6,22H2,1-5H3,(H,24,25). The molecule has 2 aromatic rings. The van der Waals surface area contributed by atoms with E-state index in [1.165, 1.54) is 5.56 Å². The minimum atomic E-state index is -0.808. The number of nitrogen functional groups attached to an aromatic ring is 1. The molecule has 2 aromatic carbocycles. The van der Waals surface area contributed by atoms with Gasteiger partial charge in [0.05, 0.1) is 17.3 Å². The molecule has 0 radical (unpaired) electrons. The van der Waals surface area contributed by atoms with Crippen LogP contribution < -0.4 is 11.1 Å². The van der Waals surface area contributed by atoms with Crippen LogP contribution in [0.2, 0.25) is 0 Å². The highest BCUT2D eigenvalue weighted by Gasteiger charge is 2.29. The fourth-order valence-electron chi connectivity index (χ4n) is 3.27. The molecule has 4 heteroatoms. The predicted octanol–water partition coefficient (Wildman–Crippen LogP) is 4.48. The van der Waals surface area contributed by atoms with Crippen LogP contribution in [0.1, 0.15) is 47.6 Å². The van der Waals surface area contributed by atoms with E-state index in [1.54, 1.807) is 6.92 Å². The molecule has 2 rings (SSSR count). The van der Waals surface area contributed by atoms with Crippen LogP contribution in [0.4, 0.5) is 11.4 Å². The summed E-state index contributed by atoms with van der Waals surface area (Å²) in [4.78, 5) is 11.8. The highest BCUT2D eigenvalue weighted by atomic mass is 16.4. The predicted molar refractivity (Wildman–Crippen MR) is 104 cm³/mol. The summed E-state index contributed by atoms with van der Waals surface area (Å²) in [6, 6.07) is 10.1. The molecule has 0 fully saturated rings. The number of hydrogen-bond donors (Lipinski definition) is 3. The number of hydrogen-bond acceptors (Lipinski definition) is 3. The summed E-state index contributed by atoms with van der Waals surface area (Å²) in [6.45, 7) is 10.6. The third-order valence-electron chi connectivity index (χ3n) is 5.04. The molecule has 0 aromatic heterocycles. The summed E-state index contributed by atoms with van der Waals surface area (Å²) in [5, 5.41) is 12.9. The lowest BCUT2D eigenvalue weighted by molar-refractivity contribution is -0.141. The van der Waals surface area contributed by atoms with Gasteiger partial charge in [-0.3, -0.25) is 4.79 Å². The minimum Gasteiger partial charge on any atom is -0.481 e. The molecule has 0 saturated heterocycles. The molecule has 0 bridgehead atoms. The highest BCUT2D eigenvalue weighted by molar-refractivity contribution is 5.75. The summed E-state index contributed by atoms with van der Waals surface area (Å²) in [7, 11) is 0. The van der Waals surface area contributed by atoms with E-state index in [4.69, 9.17) is 5.73 Å². The van der Waals surface area contributed by atoms with Gasteiger partial charge in [0, 0.05) is 12.5 Å². The Bertz CT molecular complexity index is 784. The molecule has 0 spiro atoms. The van der Waals surface area contributed by atoms with Gasteiger partial charge in [-0.2, -0.15) is 0 Å². The minimum absolute atomic E-state index is 0.241. The first kappa shape index (κ1) is 18.8. The van der Waals surface area contributed by atoms with Crippen LogP contribution in [0, 0.1) is 26.7 Å².